The third-order valence-corrected chi connectivity index (χ3v) is 13.9. The third-order valence-electron chi connectivity index (χ3n) is 13.9. The van der Waals surface area contributed by atoms with Gasteiger partial charge in [-0.1, -0.05) is 194 Å². The number of para-hydroxylation sites is 4. The SMILES string of the molecule is Cc1cccc(C)c1-c1nc(-c2cccc3c2Oc2ccccc2C3(c2ccccc2)c2ccccc2)nc(-c2cccc3c2Oc2ccccc2C3(c2ccccc2)[C@H]2C=CC=CC2)n1. The van der Waals surface area contributed by atoms with Crippen molar-refractivity contribution in [1.29, 1.82) is 0 Å². The summed E-state index contributed by atoms with van der Waals surface area (Å²) in [4.78, 5) is 16.3. The lowest BCUT2D eigenvalue weighted by Gasteiger charge is -2.46. The zero-order valence-electron chi connectivity index (χ0n) is 36.7. The summed E-state index contributed by atoms with van der Waals surface area (Å²) < 4.78 is 14.3. The Morgan fingerprint density at radius 1 is 0.424 bits per heavy atom. The van der Waals surface area contributed by atoms with Crippen molar-refractivity contribution < 1.29 is 9.47 Å². The van der Waals surface area contributed by atoms with Crippen LogP contribution in [0.5, 0.6) is 23.0 Å². The molecule has 5 nitrogen and oxygen atoms in total. The maximum absolute atomic E-state index is 7.16. The van der Waals surface area contributed by atoms with E-state index in [9.17, 15) is 0 Å². The predicted molar refractivity (Wildman–Crippen MR) is 263 cm³/mol. The van der Waals surface area contributed by atoms with Gasteiger partial charge in [0.1, 0.15) is 23.0 Å². The molecule has 0 bridgehead atoms. The Morgan fingerprint density at radius 3 is 1.48 bits per heavy atom. The highest BCUT2D eigenvalue weighted by molar-refractivity contribution is 5.81. The van der Waals surface area contributed by atoms with Crippen molar-refractivity contribution in [3.05, 3.63) is 268 Å². The maximum atomic E-state index is 7.16. The zero-order chi connectivity index (χ0) is 44.2. The van der Waals surface area contributed by atoms with Crippen molar-refractivity contribution >= 4 is 0 Å². The summed E-state index contributed by atoms with van der Waals surface area (Å²) in [5.41, 5.74) is 11.1. The Hall–Kier alpha value is -8.15. The average Bonchev–Trinajstić information content (AvgIpc) is 3.38. The zero-order valence-corrected chi connectivity index (χ0v) is 36.7. The number of aromatic nitrogens is 3. The van der Waals surface area contributed by atoms with Crippen LogP contribution < -0.4 is 9.47 Å². The lowest BCUT2D eigenvalue weighted by molar-refractivity contribution is 0.368. The molecule has 1 unspecified atom stereocenters. The molecule has 12 rings (SSSR count). The van der Waals surface area contributed by atoms with Crippen LogP contribution in [0, 0.1) is 19.8 Å². The first-order valence-corrected chi connectivity index (χ1v) is 22.7. The molecule has 0 amide bonds. The molecule has 0 saturated heterocycles. The fourth-order valence-corrected chi connectivity index (χ4v) is 11.1. The number of aryl methyl sites for hydroxylation is 2. The van der Waals surface area contributed by atoms with Crippen molar-refractivity contribution in [2.75, 3.05) is 0 Å². The van der Waals surface area contributed by atoms with Crippen LogP contribution in [-0.2, 0) is 10.8 Å². The monoisotopic (exact) mass is 851 g/mol. The van der Waals surface area contributed by atoms with E-state index < -0.39 is 10.8 Å². The second-order valence-corrected chi connectivity index (χ2v) is 17.4. The van der Waals surface area contributed by atoms with E-state index in [1.807, 2.05) is 6.07 Å². The maximum Gasteiger partial charge on any atom is 0.167 e. The minimum atomic E-state index is -0.711. The number of fused-ring (bicyclic) bond motifs is 4. The molecular formula is C61H45N3O2. The number of rotatable bonds is 7. The van der Waals surface area contributed by atoms with Crippen LogP contribution in [0.3, 0.4) is 0 Å². The molecule has 66 heavy (non-hydrogen) atoms. The van der Waals surface area contributed by atoms with Crippen molar-refractivity contribution in [2.24, 2.45) is 5.92 Å². The molecule has 0 radical (unpaired) electrons. The summed E-state index contributed by atoms with van der Waals surface area (Å²) in [6.45, 7) is 4.24. The predicted octanol–water partition coefficient (Wildman–Crippen LogP) is 14.6. The van der Waals surface area contributed by atoms with Crippen molar-refractivity contribution in [2.45, 2.75) is 31.1 Å². The molecule has 0 spiro atoms. The van der Waals surface area contributed by atoms with Gasteiger partial charge >= 0.3 is 0 Å². The largest absolute Gasteiger partial charge is 0.456 e. The van der Waals surface area contributed by atoms with Gasteiger partial charge in [0, 0.05) is 27.8 Å². The smallest absolute Gasteiger partial charge is 0.167 e. The van der Waals surface area contributed by atoms with Crippen molar-refractivity contribution in [1.82, 2.24) is 15.0 Å². The first-order valence-electron chi connectivity index (χ1n) is 22.7. The normalized spacial score (nSPS) is 17.3. The first kappa shape index (κ1) is 39.4. The molecule has 316 valence electrons. The van der Waals surface area contributed by atoms with E-state index in [2.05, 4.69) is 226 Å². The van der Waals surface area contributed by atoms with Crippen LogP contribution in [-0.4, -0.2) is 15.0 Å². The Balaban J connectivity index is 1.14. The molecule has 5 heteroatoms. The molecule has 0 N–H and O–H groups in total. The fourth-order valence-electron chi connectivity index (χ4n) is 11.1. The molecule has 9 aromatic rings. The summed E-state index contributed by atoms with van der Waals surface area (Å²) in [6.07, 6.45) is 9.82. The van der Waals surface area contributed by atoms with Gasteiger partial charge in [0.25, 0.3) is 0 Å². The highest BCUT2D eigenvalue weighted by Crippen LogP contribution is 2.60. The third kappa shape index (κ3) is 5.96. The standard InChI is InChI=1S/C61H45N3O2/c1-40-22-19-23-41(2)54(40)59-63-57(46-32-20-36-50-55(46)65-52-38-17-15-34-48(52)60(50,42-24-7-3-8-25-42)43-26-9-4-10-27-43)62-58(64-59)47-33-21-37-51-56(47)66-53-39-18-16-35-49(53)61(51,44-28-11-5-12-29-44)45-30-13-6-14-31-45/h3-30,32-39,45H,31H2,1-2H3/t45-,61?/m0/s1. The molecule has 2 atom stereocenters. The van der Waals surface area contributed by atoms with Gasteiger partial charge in [-0.15, -0.1) is 0 Å². The molecule has 3 aliphatic rings. The van der Waals surface area contributed by atoms with Crippen molar-refractivity contribution in [3.8, 4) is 57.2 Å². The number of allylic oxidation sites excluding steroid dienone is 4. The minimum absolute atomic E-state index is 0.105. The quantitative estimate of drug-likeness (QED) is 0.160. The number of benzene rings is 8. The Bertz CT molecular complexity index is 3320. The Kier molecular flexibility index (Phi) is 9.46. The van der Waals surface area contributed by atoms with E-state index in [1.165, 1.54) is 5.56 Å². The minimum Gasteiger partial charge on any atom is -0.456 e. The fraction of sp³-hybridized carbons (Fsp3) is 0.0984. The van der Waals surface area contributed by atoms with E-state index >= 15 is 0 Å². The molecule has 8 aromatic carbocycles. The van der Waals surface area contributed by atoms with Gasteiger partial charge in [-0.2, -0.15) is 0 Å². The number of nitrogens with zero attached hydrogens (tertiary/aromatic N) is 3. The summed E-state index contributed by atoms with van der Waals surface area (Å²) in [5.74, 6) is 4.75. The molecule has 0 saturated carbocycles. The summed E-state index contributed by atoms with van der Waals surface area (Å²) in [5, 5.41) is 0. The number of hydrogen-bond acceptors (Lipinski definition) is 5. The van der Waals surface area contributed by atoms with Gasteiger partial charge in [-0.05, 0) is 78.3 Å². The lowest BCUT2D eigenvalue weighted by atomic mass is 9.59. The number of hydrogen-bond donors (Lipinski definition) is 0. The van der Waals surface area contributed by atoms with Crippen LogP contribution in [0.4, 0.5) is 0 Å². The number of ether oxygens (including phenoxy) is 2. The van der Waals surface area contributed by atoms with Crippen LogP contribution in [0.15, 0.2) is 218 Å². The highest BCUT2D eigenvalue weighted by Gasteiger charge is 2.50. The summed E-state index contributed by atoms with van der Waals surface area (Å²) in [6, 6.07) is 68.4. The Morgan fingerprint density at radius 2 is 0.894 bits per heavy atom. The van der Waals surface area contributed by atoms with Crippen LogP contribution in [0.1, 0.15) is 56.5 Å². The molecular weight excluding hydrogens is 807 g/mol. The molecule has 1 aliphatic carbocycles. The van der Waals surface area contributed by atoms with Crippen LogP contribution in [0.2, 0.25) is 0 Å². The molecule has 1 aromatic heterocycles. The van der Waals surface area contributed by atoms with Crippen LogP contribution in [0.25, 0.3) is 34.2 Å². The van der Waals surface area contributed by atoms with Crippen molar-refractivity contribution in [3.63, 3.8) is 0 Å². The highest BCUT2D eigenvalue weighted by atomic mass is 16.5. The topological polar surface area (TPSA) is 57.1 Å². The van der Waals surface area contributed by atoms with E-state index in [1.54, 1.807) is 0 Å². The van der Waals surface area contributed by atoms with E-state index in [4.69, 9.17) is 24.4 Å². The van der Waals surface area contributed by atoms with Gasteiger partial charge in [0.2, 0.25) is 0 Å². The van der Waals surface area contributed by atoms with E-state index in [-0.39, 0.29) is 5.92 Å². The molecule has 0 fully saturated rings. The van der Waals surface area contributed by atoms with E-state index in [0.717, 1.165) is 84.9 Å². The van der Waals surface area contributed by atoms with Gasteiger partial charge in [0.15, 0.2) is 17.5 Å². The second-order valence-electron chi connectivity index (χ2n) is 17.4. The van der Waals surface area contributed by atoms with Gasteiger partial charge in [-0.3, -0.25) is 0 Å². The summed E-state index contributed by atoms with van der Waals surface area (Å²) >= 11 is 0. The molecule has 3 heterocycles. The van der Waals surface area contributed by atoms with Gasteiger partial charge < -0.3 is 9.47 Å². The molecule has 2 aliphatic heterocycles. The van der Waals surface area contributed by atoms with E-state index in [0.29, 0.717) is 23.2 Å². The Labute approximate surface area is 385 Å². The van der Waals surface area contributed by atoms with Crippen LogP contribution >= 0.6 is 0 Å². The summed E-state index contributed by atoms with van der Waals surface area (Å²) in [7, 11) is 0. The average molecular weight is 852 g/mol. The first-order chi connectivity index (χ1) is 32.6. The van der Waals surface area contributed by atoms with Gasteiger partial charge in [-0.25, -0.2) is 15.0 Å². The second kappa shape index (κ2) is 15.8. The van der Waals surface area contributed by atoms with Gasteiger partial charge in [0.05, 0.1) is 22.0 Å². The lowest BCUT2D eigenvalue weighted by Crippen LogP contribution is -2.40.